The second-order valence-electron chi connectivity index (χ2n) is 5.35. The molecule has 0 radical (unpaired) electrons. The molecule has 0 saturated heterocycles. The van der Waals surface area contributed by atoms with Gasteiger partial charge in [-0.2, -0.15) is 0 Å². The number of carbonyl (C=O) groups excluding carboxylic acids is 2. The highest BCUT2D eigenvalue weighted by Gasteiger charge is 2.35. The van der Waals surface area contributed by atoms with E-state index in [1.54, 1.807) is 20.8 Å². The maximum absolute atomic E-state index is 11.5. The molecule has 0 aromatic heterocycles. The van der Waals surface area contributed by atoms with Crippen molar-refractivity contribution in [2.24, 2.45) is 0 Å². The van der Waals surface area contributed by atoms with E-state index in [-0.39, 0.29) is 0 Å². The van der Waals surface area contributed by atoms with Gasteiger partial charge in [0.15, 0.2) is 0 Å². The number of likely N-dealkylation sites (N-methyl/N-ethyl adjacent to an activating group) is 1. The van der Waals surface area contributed by atoms with E-state index in [1.807, 2.05) is 0 Å². The molecule has 100 valence electrons. The quantitative estimate of drug-likeness (QED) is 0.672. The smallest absolute Gasteiger partial charge is 0.408 e. The highest BCUT2D eigenvalue weighted by Crippen LogP contribution is 2.11. The van der Waals surface area contributed by atoms with Gasteiger partial charge in [0.05, 0.1) is 5.60 Å². The first kappa shape index (κ1) is 15.7. The first-order chi connectivity index (χ1) is 7.47. The van der Waals surface area contributed by atoms with Crippen molar-refractivity contribution in [1.29, 1.82) is 0 Å². The van der Waals surface area contributed by atoms with E-state index in [2.05, 4.69) is 10.6 Å². The molecule has 0 bridgehead atoms. The van der Waals surface area contributed by atoms with Gasteiger partial charge in [0.1, 0.15) is 11.6 Å². The number of rotatable bonds is 3. The fraction of sp³-hybridized carbons (Fsp3) is 0.818. The van der Waals surface area contributed by atoms with E-state index < -0.39 is 29.2 Å². The van der Waals surface area contributed by atoms with Crippen LogP contribution >= 0.6 is 0 Å². The Morgan fingerprint density at radius 2 is 1.65 bits per heavy atom. The summed E-state index contributed by atoms with van der Waals surface area (Å²) in [5, 5.41) is 14.5. The summed E-state index contributed by atoms with van der Waals surface area (Å²) in [6, 6.07) is -1.07. The lowest BCUT2D eigenvalue weighted by molar-refractivity contribution is -0.128. The van der Waals surface area contributed by atoms with Gasteiger partial charge in [-0.05, 0) is 34.6 Å². The van der Waals surface area contributed by atoms with Crippen molar-refractivity contribution < 1.29 is 19.4 Å². The van der Waals surface area contributed by atoms with Crippen LogP contribution in [0.5, 0.6) is 0 Å². The molecule has 0 unspecified atom stereocenters. The van der Waals surface area contributed by atoms with Crippen LogP contribution in [0.3, 0.4) is 0 Å². The molecule has 0 saturated carbocycles. The monoisotopic (exact) mass is 246 g/mol. The molecule has 6 nitrogen and oxygen atoms in total. The number of hydrogen-bond acceptors (Lipinski definition) is 4. The number of alkyl carbamates (subject to hydrolysis) is 1. The largest absolute Gasteiger partial charge is 0.444 e. The van der Waals surface area contributed by atoms with Crippen LogP contribution in [0.25, 0.3) is 0 Å². The lowest BCUT2D eigenvalue weighted by atomic mass is 9.98. The van der Waals surface area contributed by atoms with Crippen LogP contribution in [0.4, 0.5) is 4.79 Å². The van der Waals surface area contributed by atoms with Gasteiger partial charge < -0.3 is 20.5 Å². The summed E-state index contributed by atoms with van der Waals surface area (Å²) in [5.74, 6) is -0.483. The molecule has 3 N–H and O–H groups in total. The predicted octanol–water partition coefficient (Wildman–Crippen LogP) is 0.397. The SMILES string of the molecule is CNC(=O)[C@@H](NC(=O)OC(C)(C)C)C(C)(C)O. The van der Waals surface area contributed by atoms with Gasteiger partial charge in [0.25, 0.3) is 0 Å². The average Bonchev–Trinajstić information content (AvgIpc) is 2.08. The highest BCUT2D eigenvalue weighted by molar-refractivity contribution is 5.86. The van der Waals surface area contributed by atoms with Crippen LogP contribution in [0.1, 0.15) is 34.6 Å². The average molecular weight is 246 g/mol. The van der Waals surface area contributed by atoms with Gasteiger partial charge in [-0.3, -0.25) is 4.79 Å². The third-order valence-corrected chi connectivity index (χ3v) is 1.88. The third kappa shape index (κ3) is 6.11. The highest BCUT2D eigenvalue weighted by atomic mass is 16.6. The molecule has 2 amide bonds. The molecular weight excluding hydrogens is 224 g/mol. The van der Waals surface area contributed by atoms with Crippen molar-refractivity contribution in [3.05, 3.63) is 0 Å². The Hall–Kier alpha value is -1.30. The summed E-state index contributed by atoms with van der Waals surface area (Å²) in [4.78, 5) is 23.0. The normalized spacial score (nSPS) is 13.8. The topological polar surface area (TPSA) is 87.7 Å². The summed E-state index contributed by atoms with van der Waals surface area (Å²) in [7, 11) is 1.43. The van der Waals surface area contributed by atoms with Crippen LogP contribution in [0.2, 0.25) is 0 Å². The summed E-state index contributed by atoms with van der Waals surface area (Å²) in [6.45, 7) is 8.01. The zero-order valence-corrected chi connectivity index (χ0v) is 11.2. The lowest BCUT2D eigenvalue weighted by Crippen LogP contribution is -2.57. The Labute approximate surface area is 102 Å². The summed E-state index contributed by atoms with van der Waals surface area (Å²) in [6.07, 6.45) is -0.742. The molecule has 17 heavy (non-hydrogen) atoms. The van der Waals surface area contributed by atoms with Gasteiger partial charge in [-0.15, -0.1) is 0 Å². The van der Waals surface area contributed by atoms with Crippen molar-refractivity contribution >= 4 is 12.0 Å². The van der Waals surface area contributed by atoms with Crippen LogP contribution < -0.4 is 10.6 Å². The Morgan fingerprint density at radius 3 is 1.94 bits per heavy atom. The first-order valence-corrected chi connectivity index (χ1v) is 5.41. The van der Waals surface area contributed by atoms with Gasteiger partial charge in [-0.1, -0.05) is 0 Å². The molecule has 0 rings (SSSR count). The maximum atomic E-state index is 11.5. The Morgan fingerprint density at radius 1 is 1.18 bits per heavy atom. The number of amides is 2. The van der Waals surface area contributed by atoms with Crippen molar-refractivity contribution in [3.8, 4) is 0 Å². The lowest BCUT2D eigenvalue weighted by Gasteiger charge is -2.29. The van der Waals surface area contributed by atoms with E-state index >= 15 is 0 Å². The molecule has 0 aromatic carbocycles. The first-order valence-electron chi connectivity index (χ1n) is 5.41. The Kier molecular flexibility index (Phi) is 4.94. The summed E-state index contributed by atoms with van der Waals surface area (Å²) < 4.78 is 5.02. The van der Waals surface area contributed by atoms with E-state index in [9.17, 15) is 14.7 Å². The van der Waals surface area contributed by atoms with Gasteiger partial charge in [0.2, 0.25) is 5.91 Å². The second kappa shape index (κ2) is 5.35. The second-order valence-corrected chi connectivity index (χ2v) is 5.35. The summed E-state index contributed by atoms with van der Waals surface area (Å²) >= 11 is 0. The van der Waals surface area contributed by atoms with E-state index in [0.29, 0.717) is 0 Å². The van der Waals surface area contributed by atoms with Crippen molar-refractivity contribution in [2.45, 2.75) is 51.9 Å². The van der Waals surface area contributed by atoms with E-state index in [1.165, 1.54) is 20.9 Å². The zero-order chi connectivity index (χ0) is 13.9. The number of aliphatic hydroxyl groups is 1. The molecule has 0 aliphatic heterocycles. The van der Waals surface area contributed by atoms with Gasteiger partial charge in [0, 0.05) is 7.05 Å². The molecule has 0 aliphatic rings. The Balaban J connectivity index is 4.67. The molecule has 0 heterocycles. The van der Waals surface area contributed by atoms with Crippen LogP contribution in [-0.2, 0) is 9.53 Å². The van der Waals surface area contributed by atoms with Crippen molar-refractivity contribution in [2.75, 3.05) is 7.05 Å². The molecule has 0 spiro atoms. The number of carbonyl (C=O) groups is 2. The molecule has 0 aliphatic carbocycles. The minimum Gasteiger partial charge on any atom is -0.444 e. The third-order valence-electron chi connectivity index (χ3n) is 1.88. The van der Waals surface area contributed by atoms with Crippen LogP contribution in [0, 0.1) is 0 Å². The molecule has 6 heteroatoms. The molecular formula is C11H22N2O4. The molecule has 0 fully saturated rings. The van der Waals surface area contributed by atoms with Crippen molar-refractivity contribution in [1.82, 2.24) is 10.6 Å². The standard InChI is InChI=1S/C11H22N2O4/c1-10(2,3)17-9(15)13-7(8(14)12-6)11(4,5)16/h7,16H,1-6H3,(H,12,14)(H,13,15)/t7-/m1/s1. The Bertz CT molecular complexity index is 289. The van der Waals surface area contributed by atoms with Crippen LogP contribution in [0.15, 0.2) is 0 Å². The van der Waals surface area contributed by atoms with Crippen molar-refractivity contribution in [3.63, 3.8) is 0 Å². The minimum absolute atomic E-state index is 0.483. The number of hydrogen-bond donors (Lipinski definition) is 3. The van der Waals surface area contributed by atoms with Gasteiger partial charge >= 0.3 is 6.09 Å². The molecule has 1 atom stereocenters. The molecule has 0 aromatic rings. The van der Waals surface area contributed by atoms with Crippen LogP contribution in [-0.4, -0.2) is 41.4 Å². The van der Waals surface area contributed by atoms with E-state index in [0.717, 1.165) is 0 Å². The maximum Gasteiger partial charge on any atom is 0.408 e. The fourth-order valence-electron chi connectivity index (χ4n) is 1.13. The zero-order valence-electron chi connectivity index (χ0n) is 11.2. The predicted molar refractivity (Wildman–Crippen MR) is 63.5 cm³/mol. The number of nitrogens with one attached hydrogen (secondary N) is 2. The summed E-state index contributed by atoms with van der Waals surface area (Å²) in [5.41, 5.74) is -2.03. The fourth-order valence-corrected chi connectivity index (χ4v) is 1.13. The van der Waals surface area contributed by atoms with E-state index in [4.69, 9.17) is 4.74 Å². The van der Waals surface area contributed by atoms with Gasteiger partial charge in [-0.25, -0.2) is 4.79 Å². The minimum atomic E-state index is -1.38. The number of ether oxygens (including phenoxy) is 1.